The van der Waals surface area contributed by atoms with Crippen molar-refractivity contribution in [2.45, 2.75) is 12.0 Å². The number of carbonyl (C=O) groups excluding carboxylic acids is 1. The molecule has 0 aromatic heterocycles. The van der Waals surface area contributed by atoms with Crippen molar-refractivity contribution in [3.8, 4) is 0 Å². The van der Waals surface area contributed by atoms with E-state index in [2.05, 4.69) is 0 Å². The summed E-state index contributed by atoms with van der Waals surface area (Å²) in [5.41, 5.74) is -0.397. The standard InChI is InChI=1S/C11H12O4S/c12-7-9-2-1-3-10(6-9)11(13)4-5-16(14,15)8-11/h1-3,6-7,13H,4-5,8H2. The monoisotopic (exact) mass is 240 g/mol. The molecule has 1 fully saturated rings. The van der Waals surface area contributed by atoms with Crippen molar-refractivity contribution >= 4 is 16.1 Å². The molecule has 16 heavy (non-hydrogen) atoms. The van der Waals surface area contributed by atoms with Gasteiger partial charge < -0.3 is 5.11 Å². The van der Waals surface area contributed by atoms with Gasteiger partial charge in [0.05, 0.1) is 11.5 Å². The van der Waals surface area contributed by atoms with E-state index in [-0.39, 0.29) is 17.9 Å². The Kier molecular flexibility index (Phi) is 2.59. The molecular formula is C11H12O4S. The maximum absolute atomic E-state index is 11.3. The smallest absolute Gasteiger partial charge is 0.153 e. The number of sulfone groups is 1. The molecule has 5 heteroatoms. The van der Waals surface area contributed by atoms with E-state index < -0.39 is 15.4 Å². The van der Waals surface area contributed by atoms with Gasteiger partial charge in [0, 0.05) is 5.56 Å². The zero-order valence-electron chi connectivity index (χ0n) is 8.59. The minimum absolute atomic E-state index is 0.00514. The molecule has 1 aliphatic rings. The van der Waals surface area contributed by atoms with Crippen LogP contribution < -0.4 is 0 Å². The van der Waals surface area contributed by atoms with Crippen molar-refractivity contribution in [1.82, 2.24) is 0 Å². The maximum Gasteiger partial charge on any atom is 0.153 e. The van der Waals surface area contributed by atoms with Crippen molar-refractivity contribution in [3.05, 3.63) is 35.4 Å². The van der Waals surface area contributed by atoms with E-state index in [0.717, 1.165) is 0 Å². The lowest BCUT2D eigenvalue weighted by Gasteiger charge is -2.21. The van der Waals surface area contributed by atoms with E-state index in [1.807, 2.05) is 0 Å². The second-order valence-corrected chi connectivity index (χ2v) is 6.30. The van der Waals surface area contributed by atoms with E-state index in [9.17, 15) is 18.3 Å². The number of benzene rings is 1. The molecular weight excluding hydrogens is 228 g/mol. The molecule has 0 aliphatic carbocycles. The van der Waals surface area contributed by atoms with Gasteiger partial charge in [-0.2, -0.15) is 0 Å². The van der Waals surface area contributed by atoms with Crippen LogP contribution in [0.1, 0.15) is 22.3 Å². The van der Waals surface area contributed by atoms with E-state index in [1.165, 1.54) is 6.07 Å². The maximum atomic E-state index is 11.3. The van der Waals surface area contributed by atoms with Crippen molar-refractivity contribution in [2.24, 2.45) is 0 Å². The van der Waals surface area contributed by atoms with Crippen molar-refractivity contribution in [2.75, 3.05) is 11.5 Å². The number of hydrogen-bond donors (Lipinski definition) is 1. The zero-order valence-corrected chi connectivity index (χ0v) is 9.40. The minimum Gasteiger partial charge on any atom is -0.384 e. The molecule has 1 atom stereocenters. The fourth-order valence-corrected chi connectivity index (χ4v) is 3.79. The molecule has 1 heterocycles. The first kappa shape index (κ1) is 11.3. The quantitative estimate of drug-likeness (QED) is 0.764. The molecule has 0 spiro atoms. The summed E-state index contributed by atoms with van der Waals surface area (Å²) in [5, 5.41) is 10.2. The van der Waals surface area contributed by atoms with Crippen LogP contribution in [-0.4, -0.2) is 31.3 Å². The molecule has 4 nitrogen and oxygen atoms in total. The summed E-state index contributed by atoms with van der Waals surface area (Å²) in [5.74, 6) is -0.267. The van der Waals surface area contributed by atoms with Gasteiger partial charge in [0.2, 0.25) is 0 Å². The van der Waals surface area contributed by atoms with Crippen LogP contribution in [0.5, 0.6) is 0 Å². The lowest BCUT2D eigenvalue weighted by atomic mass is 9.92. The van der Waals surface area contributed by atoms with Gasteiger partial charge in [-0.1, -0.05) is 18.2 Å². The molecule has 1 aromatic carbocycles. The van der Waals surface area contributed by atoms with E-state index in [0.29, 0.717) is 17.4 Å². The lowest BCUT2D eigenvalue weighted by molar-refractivity contribution is 0.0652. The van der Waals surface area contributed by atoms with Crippen LogP contribution in [0.2, 0.25) is 0 Å². The first-order valence-electron chi connectivity index (χ1n) is 4.94. The summed E-state index contributed by atoms with van der Waals surface area (Å²) in [6.07, 6.45) is 0.869. The summed E-state index contributed by atoms with van der Waals surface area (Å²) < 4.78 is 22.7. The third-order valence-electron chi connectivity index (χ3n) is 2.85. The average Bonchev–Trinajstić information content (AvgIpc) is 2.55. The van der Waals surface area contributed by atoms with Crippen molar-refractivity contribution in [3.63, 3.8) is 0 Å². The fourth-order valence-electron chi connectivity index (χ4n) is 1.96. The van der Waals surface area contributed by atoms with Crippen LogP contribution in [0.15, 0.2) is 24.3 Å². The molecule has 0 bridgehead atoms. The Morgan fingerprint density at radius 2 is 2.12 bits per heavy atom. The molecule has 1 aromatic rings. The molecule has 1 N–H and O–H groups in total. The molecule has 1 saturated heterocycles. The Morgan fingerprint density at radius 3 is 2.69 bits per heavy atom. The molecule has 2 rings (SSSR count). The Morgan fingerprint density at radius 1 is 1.38 bits per heavy atom. The second-order valence-electron chi connectivity index (χ2n) is 4.12. The Hall–Kier alpha value is -1.20. The highest BCUT2D eigenvalue weighted by atomic mass is 32.2. The van der Waals surface area contributed by atoms with Crippen LogP contribution in [0.3, 0.4) is 0 Å². The van der Waals surface area contributed by atoms with Crippen LogP contribution >= 0.6 is 0 Å². The van der Waals surface area contributed by atoms with Crippen LogP contribution in [0.4, 0.5) is 0 Å². The number of carbonyl (C=O) groups is 1. The predicted molar refractivity (Wildman–Crippen MR) is 59.0 cm³/mol. The number of hydrogen-bond acceptors (Lipinski definition) is 4. The SMILES string of the molecule is O=Cc1cccc(C2(O)CCS(=O)(=O)C2)c1. The number of aliphatic hydroxyl groups is 1. The fraction of sp³-hybridized carbons (Fsp3) is 0.364. The minimum atomic E-state index is -3.16. The zero-order chi connectivity index (χ0) is 11.8. The third kappa shape index (κ3) is 2.01. The molecule has 86 valence electrons. The van der Waals surface area contributed by atoms with Gasteiger partial charge >= 0.3 is 0 Å². The number of rotatable bonds is 2. The first-order chi connectivity index (χ1) is 7.45. The van der Waals surface area contributed by atoms with Gasteiger partial charge in [0.15, 0.2) is 9.84 Å². The van der Waals surface area contributed by atoms with Crippen LogP contribution in [0, 0.1) is 0 Å². The summed E-state index contributed by atoms with van der Waals surface area (Å²) in [7, 11) is -3.16. The topological polar surface area (TPSA) is 71.4 Å². The molecule has 0 saturated carbocycles. The highest BCUT2D eigenvalue weighted by Gasteiger charge is 2.41. The van der Waals surface area contributed by atoms with Crippen LogP contribution in [-0.2, 0) is 15.4 Å². The predicted octanol–water partition coefficient (Wildman–Crippen LogP) is 0.505. The Labute approximate surface area is 93.8 Å². The van der Waals surface area contributed by atoms with E-state index in [4.69, 9.17) is 0 Å². The molecule has 1 unspecified atom stereocenters. The average molecular weight is 240 g/mol. The summed E-state index contributed by atoms with van der Waals surface area (Å²) in [6.45, 7) is 0. The summed E-state index contributed by atoms with van der Waals surface area (Å²) >= 11 is 0. The second kappa shape index (κ2) is 3.68. The third-order valence-corrected chi connectivity index (χ3v) is 4.59. The highest BCUT2D eigenvalue weighted by Crippen LogP contribution is 2.33. The van der Waals surface area contributed by atoms with E-state index >= 15 is 0 Å². The lowest BCUT2D eigenvalue weighted by Crippen LogP contribution is -2.27. The van der Waals surface area contributed by atoms with Gasteiger partial charge in [-0.05, 0) is 18.1 Å². The molecule has 0 amide bonds. The van der Waals surface area contributed by atoms with E-state index in [1.54, 1.807) is 18.2 Å². The normalized spacial score (nSPS) is 27.8. The number of aldehydes is 1. The van der Waals surface area contributed by atoms with Gasteiger partial charge in [-0.3, -0.25) is 4.79 Å². The molecule has 1 aliphatic heterocycles. The van der Waals surface area contributed by atoms with Crippen molar-refractivity contribution in [1.29, 1.82) is 0 Å². The molecule has 0 radical (unpaired) electrons. The largest absolute Gasteiger partial charge is 0.384 e. The van der Waals surface area contributed by atoms with Gasteiger partial charge in [0.25, 0.3) is 0 Å². The summed E-state index contributed by atoms with van der Waals surface area (Å²) in [4.78, 5) is 10.6. The van der Waals surface area contributed by atoms with Gasteiger partial charge in [-0.25, -0.2) is 8.42 Å². The Balaban J connectivity index is 2.41. The van der Waals surface area contributed by atoms with Crippen molar-refractivity contribution < 1.29 is 18.3 Å². The Bertz CT molecular complexity index is 521. The highest BCUT2D eigenvalue weighted by molar-refractivity contribution is 7.91. The van der Waals surface area contributed by atoms with Gasteiger partial charge in [0.1, 0.15) is 11.9 Å². The van der Waals surface area contributed by atoms with Crippen LogP contribution in [0.25, 0.3) is 0 Å². The van der Waals surface area contributed by atoms with Gasteiger partial charge in [-0.15, -0.1) is 0 Å². The first-order valence-corrected chi connectivity index (χ1v) is 6.76. The summed E-state index contributed by atoms with van der Waals surface area (Å²) in [6, 6.07) is 6.44.